The second kappa shape index (κ2) is 12.7. The molecule has 0 saturated carbocycles. The Morgan fingerprint density at radius 2 is 1.44 bits per heavy atom. The number of methoxy groups -OCH3 is 2. The van der Waals surface area contributed by atoms with Gasteiger partial charge in [0.25, 0.3) is 0 Å². The molecule has 4 rings (SSSR count). The van der Waals surface area contributed by atoms with E-state index in [1.807, 2.05) is 60.5 Å². The highest BCUT2D eigenvalue weighted by Crippen LogP contribution is 2.36. The molecule has 1 aliphatic heterocycles. The van der Waals surface area contributed by atoms with Crippen LogP contribution in [0.4, 0.5) is 5.69 Å². The van der Waals surface area contributed by atoms with Crippen molar-refractivity contribution in [3.8, 4) is 11.5 Å². The van der Waals surface area contributed by atoms with Gasteiger partial charge in [-0.2, -0.15) is 0 Å². The maximum absolute atomic E-state index is 13.0. The average Bonchev–Trinajstić information content (AvgIpc) is 2.93. The van der Waals surface area contributed by atoms with Gasteiger partial charge in [0.05, 0.1) is 24.8 Å². The van der Waals surface area contributed by atoms with E-state index in [-0.39, 0.29) is 5.91 Å². The van der Waals surface area contributed by atoms with Gasteiger partial charge in [0.2, 0.25) is 5.91 Å². The van der Waals surface area contributed by atoms with Crippen LogP contribution in [0.3, 0.4) is 0 Å². The molecule has 0 unspecified atom stereocenters. The summed E-state index contributed by atoms with van der Waals surface area (Å²) in [6.45, 7) is 5.09. The third-order valence-corrected chi connectivity index (χ3v) is 7.71. The number of amides is 1. The molecule has 0 atom stereocenters. The lowest BCUT2D eigenvalue weighted by Gasteiger charge is -2.36. The van der Waals surface area contributed by atoms with E-state index in [4.69, 9.17) is 9.47 Å². The molecule has 0 N–H and O–H groups in total. The highest BCUT2D eigenvalue weighted by Gasteiger charge is 2.21. The molecular weight excluding hydrogens is 470 g/mol. The van der Waals surface area contributed by atoms with Gasteiger partial charge in [0.15, 0.2) is 0 Å². The van der Waals surface area contributed by atoms with E-state index in [0.717, 1.165) is 65.3 Å². The van der Waals surface area contributed by atoms with Crippen molar-refractivity contribution in [3.63, 3.8) is 0 Å². The van der Waals surface area contributed by atoms with Crippen LogP contribution in [0.25, 0.3) is 0 Å². The van der Waals surface area contributed by atoms with Crippen molar-refractivity contribution in [3.05, 3.63) is 78.4 Å². The topological polar surface area (TPSA) is 45.2 Å². The van der Waals surface area contributed by atoms with Gasteiger partial charge in [-0.15, -0.1) is 0 Å². The summed E-state index contributed by atoms with van der Waals surface area (Å²) in [7, 11) is 5.30. The van der Waals surface area contributed by atoms with Gasteiger partial charge in [-0.1, -0.05) is 54.2 Å². The number of hydrogen-bond acceptors (Lipinski definition) is 6. The van der Waals surface area contributed by atoms with Crippen LogP contribution < -0.4 is 14.4 Å². The van der Waals surface area contributed by atoms with Crippen LogP contribution in [-0.2, 0) is 11.3 Å². The third-order valence-electron chi connectivity index (χ3n) is 6.53. The van der Waals surface area contributed by atoms with E-state index in [2.05, 4.69) is 34.1 Å². The molecule has 1 aliphatic rings. The molecule has 7 heteroatoms. The van der Waals surface area contributed by atoms with Crippen molar-refractivity contribution in [2.24, 2.45) is 0 Å². The number of ether oxygens (including phenoxy) is 2. The quantitative estimate of drug-likeness (QED) is 0.385. The van der Waals surface area contributed by atoms with Crippen molar-refractivity contribution >= 4 is 23.4 Å². The van der Waals surface area contributed by atoms with E-state index in [1.54, 1.807) is 26.0 Å². The van der Waals surface area contributed by atoms with Crippen LogP contribution in [0.5, 0.6) is 11.5 Å². The van der Waals surface area contributed by atoms with Gasteiger partial charge in [-0.25, -0.2) is 0 Å². The zero-order valence-electron chi connectivity index (χ0n) is 21.4. The molecule has 36 heavy (non-hydrogen) atoms. The smallest absolute Gasteiger partial charge is 0.223 e. The number of nitrogens with zero attached hydrogens (tertiary/aromatic N) is 3. The number of benzene rings is 3. The van der Waals surface area contributed by atoms with Gasteiger partial charge in [0, 0.05) is 57.6 Å². The first kappa shape index (κ1) is 25.9. The first-order valence-corrected chi connectivity index (χ1v) is 13.1. The molecule has 3 aromatic carbocycles. The monoisotopic (exact) mass is 505 g/mol. The molecule has 1 amide bonds. The van der Waals surface area contributed by atoms with Gasteiger partial charge in [-0.3, -0.25) is 9.69 Å². The molecule has 0 spiro atoms. The van der Waals surface area contributed by atoms with Gasteiger partial charge in [-0.05, 0) is 35.9 Å². The summed E-state index contributed by atoms with van der Waals surface area (Å²) in [5, 5.41) is 0. The van der Waals surface area contributed by atoms with E-state index in [0.29, 0.717) is 13.0 Å². The minimum absolute atomic E-state index is 0.166. The first-order valence-electron chi connectivity index (χ1n) is 12.3. The SMILES string of the molecule is COc1ccccc1Sc1ccccc1CN(C)C(=O)CCN1CCN(c2ccccc2OC)CC1. The molecule has 6 nitrogen and oxygen atoms in total. The summed E-state index contributed by atoms with van der Waals surface area (Å²) in [5.74, 6) is 1.93. The number of carbonyl (C=O) groups is 1. The number of carbonyl (C=O) groups excluding carboxylic acids is 1. The van der Waals surface area contributed by atoms with Gasteiger partial charge in [0.1, 0.15) is 11.5 Å². The van der Waals surface area contributed by atoms with E-state index in [9.17, 15) is 4.79 Å². The van der Waals surface area contributed by atoms with Gasteiger partial charge < -0.3 is 19.3 Å². The van der Waals surface area contributed by atoms with E-state index in [1.165, 1.54) is 0 Å². The summed E-state index contributed by atoms with van der Waals surface area (Å²) in [6.07, 6.45) is 0.521. The van der Waals surface area contributed by atoms with Crippen LogP contribution in [0, 0.1) is 0 Å². The number of piperazine rings is 1. The summed E-state index contributed by atoms with van der Waals surface area (Å²) in [6, 6.07) is 24.4. The van der Waals surface area contributed by atoms with Crippen LogP contribution in [-0.4, -0.2) is 69.7 Å². The fourth-order valence-electron chi connectivity index (χ4n) is 4.45. The Hall–Kier alpha value is -3.16. The lowest BCUT2D eigenvalue weighted by atomic mass is 10.2. The molecule has 1 saturated heterocycles. The molecule has 0 bridgehead atoms. The van der Waals surface area contributed by atoms with Crippen LogP contribution >= 0.6 is 11.8 Å². The Kier molecular flexibility index (Phi) is 9.14. The Morgan fingerprint density at radius 3 is 2.17 bits per heavy atom. The molecule has 0 aromatic heterocycles. The van der Waals surface area contributed by atoms with Crippen molar-refractivity contribution < 1.29 is 14.3 Å². The largest absolute Gasteiger partial charge is 0.496 e. The fourth-order valence-corrected chi connectivity index (χ4v) is 5.49. The maximum Gasteiger partial charge on any atom is 0.223 e. The van der Waals surface area contributed by atoms with Crippen molar-refractivity contribution in [2.75, 3.05) is 58.9 Å². The summed E-state index contributed by atoms with van der Waals surface area (Å²) < 4.78 is 11.0. The molecular formula is C29H35N3O3S. The molecule has 0 radical (unpaired) electrons. The molecule has 190 valence electrons. The van der Waals surface area contributed by atoms with Gasteiger partial charge >= 0.3 is 0 Å². The molecule has 1 heterocycles. The van der Waals surface area contributed by atoms with Crippen molar-refractivity contribution in [1.82, 2.24) is 9.80 Å². The number of rotatable bonds is 10. The second-order valence-corrected chi connectivity index (χ2v) is 9.94. The van der Waals surface area contributed by atoms with E-state index >= 15 is 0 Å². The summed E-state index contributed by atoms with van der Waals surface area (Å²) in [4.78, 5) is 21.8. The van der Waals surface area contributed by atoms with E-state index < -0.39 is 0 Å². The second-order valence-electron chi connectivity index (χ2n) is 8.86. The minimum atomic E-state index is 0.166. The van der Waals surface area contributed by atoms with Crippen LogP contribution in [0.1, 0.15) is 12.0 Å². The maximum atomic E-state index is 13.0. The summed E-state index contributed by atoms with van der Waals surface area (Å²) in [5.41, 5.74) is 2.27. The van der Waals surface area contributed by atoms with Crippen molar-refractivity contribution in [2.45, 2.75) is 22.8 Å². The number of para-hydroxylation sites is 3. The molecule has 3 aromatic rings. The van der Waals surface area contributed by atoms with Crippen LogP contribution in [0.15, 0.2) is 82.6 Å². The minimum Gasteiger partial charge on any atom is -0.496 e. The van der Waals surface area contributed by atoms with Crippen molar-refractivity contribution in [1.29, 1.82) is 0 Å². The fraction of sp³-hybridized carbons (Fsp3) is 0.345. The number of hydrogen-bond donors (Lipinski definition) is 0. The lowest BCUT2D eigenvalue weighted by Crippen LogP contribution is -2.47. The highest BCUT2D eigenvalue weighted by molar-refractivity contribution is 7.99. The van der Waals surface area contributed by atoms with Crippen LogP contribution in [0.2, 0.25) is 0 Å². The number of anilines is 1. The Balaban J connectivity index is 1.28. The highest BCUT2D eigenvalue weighted by atomic mass is 32.2. The average molecular weight is 506 g/mol. The third kappa shape index (κ3) is 6.53. The summed E-state index contributed by atoms with van der Waals surface area (Å²) >= 11 is 1.67. The Bertz CT molecular complexity index is 1150. The zero-order valence-corrected chi connectivity index (χ0v) is 22.2. The lowest BCUT2D eigenvalue weighted by molar-refractivity contribution is -0.130. The molecule has 1 fully saturated rings. The normalized spacial score (nSPS) is 13.9. The first-order chi connectivity index (χ1) is 17.6. The Morgan fingerprint density at radius 1 is 0.833 bits per heavy atom. The zero-order chi connectivity index (χ0) is 25.3. The standard InChI is InChI=1S/C29H35N3O3S/c1-30(22-23-10-4-8-14-27(23)36-28-15-9-7-13-26(28)35-3)29(33)16-17-31-18-20-32(21-19-31)24-11-5-6-12-25(24)34-2/h4-15H,16-22H2,1-3H3. The predicted octanol–water partition coefficient (Wildman–Crippen LogP) is 5.03. The predicted molar refractivity (Wildman–Crippen MR) is 146 cm³/mol. The molecule has 0 aliphatic carbocycles. The Labute approximate surface area is 218 Å².